The quantitative estimate of drug-likeness (QED) is 0.771. The fraction of sp³-hybridized carbons (Fsp3) is 0.400. The van der Waals surface area contributed by atoms with Gasteiger partial charge >= 0.3 is 17.8 Å². The minimum absolute atomic E-state index is 0.108. The maximum absolute atomic E-state index is 14.1. The lowest BCUT2D eigenvalue weighted by Gasteiger charge is -2.25. The van der Waals surface area contributed by atoms with Crippen molar-refractivity contribution in [2.45, 2.75) is 32.2 Å². The van der Waals surface area contributed by atoms with E-state index < -0.39 is 29.1 Å². The molecule has 1 heterocycles. The van der Waals surface area contributed by atoms with Crippen LogP contribution in [0, 0.1) is 5.82 Å². The molecule has 2 aromatic rings. The van der Waals surface area contributed by atoms with Crippen molar-refractivity contribution in [2.24, 2.45) is 7.05 Å². The van der Waals surface area contributed by atoms with Crippen molar-refractivity contribution in [3.05, 3.63) is 28.5 Å². The van der Waals surface area contributed by atoms with Crippen LogP contribution in [-0.2, 0) is 11.8 Å². The molecule has 0 saturated heterocycles. The molecule has 2 amide bonds. The van der Waals surface area contributed by atoms with Crippen molar-refractivity contribution in [2.75, 3.05) is 5.32 Å². The zero-order valence-corrected chi connectivity index (χ0v) is 13.5. The van der Waals surface area contributed by atoms with Gasteiger partial charge in [0.05, 0.1) is 11.2 Å². The minimum atomic E-state index is -0.971. The van der Waals surface area contributed by atoms with Crippen molar-refractivity contribution in [3.63, 3.8) is 0 Å². The largest absolute Gasteiger partial charge is 0.481 e. The molecule has 0 spiro atoms. The lowest BCUT2D eigenvalue weighted by Crippen LogP contribution is -2.45. The fourth-order valence-corrected chi connectivity index (χ4v) is 2.19. The van der Waals surface area contributed by atoms with Crippen LogP contribution in [-0.4, -0.2) is 27.2 Å². The van der Waals surface area contributed by atoms with Crippen LogP contribution in [0.5, 0.6) is 0 Å². The molecule has 9 heteroatoms. The predicted octanol–water partition coefficient (Wildman–Crippen LogP) is 2.04. The van der Waals surface area contributed by atoms with Crippen LogP contribution in [0.25, 0.3) is 11.1 Å². The Morgan fingerprint density at radius 3 is 2.67 bits per heavy atom. The maximum Gasteiger partial charge on any atom is 0.419 e. The number of rotatable bonds is 5. The molecule has 0 unspecified atom stereocenters. The summed E-state index contributed by atoms with van der Waals surface area (Å²) in [6.07, 6.45) is 0.105. The molecule has 0 fully saturated rings. The summed E-state index contributed by atoms with van der Waals surface area (Å²) in [4.78, 5) is 34.0. The highest BCUT2D eigenvalue weighted by molar-refractivity contribution is 5.92. The number of fused-ring (bicyclic) bond motifs is 1. The first kappa shape index (κ1) is 17.5. The monoisotopic (exact) mass is 339 g/mol. The van der Waals surface area contributed by atoms with Crippen molar-refractivity contribution in [1.82, 2.24) is 9.88 Å². The van der Waals surface area contributed by atoms with E-state index in [0.717, 1.165) is 10.6 Å². The number of amides is 2. The second kappa shape index (κ2) is 6.34. The number of carbonyl (C=O) groups is 2. The zero-order valence-electron chi connectivity index (χ0n) is 13.5. The highest BCUT2D eigenvalue weighted by atomic mass is 19.1. The Morgan fingerprint density at radius 2 is 2.04 bits per heavy atom. The van der Waals surface area contributed by atoms with Gasteiger partial charge in [-0.3, -0.25) is 9.36 Å². The molecule has 0 radical (unpaired) electrons. The van der Waals surface area contributed by atoms with E-state index in [4.69, 9.17) is 9.52 Å². The third-order valence-corrected chi connectivity index (χ3v) is 3.55. The lowest BCUT2D eigenvalue weighted by atomic mass is 9.99. The Morgan fingerprint density at radius 1 is 1.38 bits per heavy atom. The Bertz CT molecular complexity index is 853. The average molecular weight is 339 g/mol. The van der Waals surface area contributed by atoms with Crippen LogP contribution in [0.15, 0.2) is 21.3 Å². The van der Waals surface area contributed by atoms with Gasteiger partial charge in [-0.1, -0.05) is 0 Å². The SMILES string of the molecule is Cn1c(=O)oc2cc(NC(=O)NC(C)(C)CCC(=O)O)c(F)cc21. The number of aliphatic carboxylic acids is 1. The van der Waals surface area contributed by atoms with E-state index in [1.807, 2.05) is 0 Å². The number of carboxylic acids is 1. The van der Waals surface area contributed by atoms with E-state index in [9.17, 15) is 18.8 Å². The summed E-state index contributed by atoms with van der Waals surface area (Å²) < 4.78 is 20.2. The number of carbonyl (C=O) groups excluding carboxylic acids is 1. The predicted molar refractivity (Wildman–Crippen MR) is 84.5 cm³/mol. The van der Waals surface area contributed by atoms with Crippen LogP contribution < -0.4 is 16.4 Å². The van der Waals surface area contributed by atoms with Crippen LogP contribution in [0.1, 0.15) is 26.7 Å². The number of hydrogen-bond acceptors (Lipinski definition) is 4. The molecule has 0 aliphatic rings. The average Bonchev–Trinajstić information content (AvgIpc) is 2.72. The summed E-state index contributed by atoms with van der Waals surface area (Å²) in [5.41, 5.74) is -0.527. The fourth-order valence-electron chi connectivity index (χ4n) is 2.19. The van der Waals surface area contributed by atoms with Crippen molar-refractivity contribution in [3.8, 4) is 0 Å². The maximum atomic E-state index is 14.1. The van der Waals surface area contributed by atoms with Gasteiger partial charge in [0.1, 0.15) is 5.82 Å². The van der Waals surface area contributed by atoms with Gasteiger partial charge in [0.2, 0.25) is 0 Å². The standard InChI is InChI=1S/C15H18FN3O5/c1-15(2,5-4-12(20)21)18-13(22)17-9-7-11-10(6-8(9)16)19(3)14(23)24-11/h6-7H,4-5H2,1-3H3,(H,20,21)(H2,17,18,22). The van der Waals surface area contributed by atoms with Crippen LogP contribution in [0.3, 0.4) is 0 Å². The number of aryl methyl sites for hydroxylation is 1. The molecule has 2 rings (SSSR count). The number of nitrogens with one attached hydrogen (secondary N) is 2. The highest BCUT2D eigenvalue weighted by Gasteiger charge is 2.22. The third kappa shape index (κ3) is 3.92. The van der Waals surface area contributed by atoms with E-state index in [0.29, 0.717) is 0 Å². The molecule has 0 atom stereocenters. The lowest BCUT2D eigenvalue weighted by molar-refractivity contribution is -0.137. The van der Waals surface area contributed by atoms with E-state index in [2.05, 4.69) is 10.6 Å². The number of benzene rings is 1. The summed E-state index contributed by atoms with van der Waals surface area (Å²) in [7, 11) is 1.44. The Labute approximate surface area is 136 Å². The third-order valence-electron chi connectivity index (χ3n) is 3.55. The topological polar surface area (TPSA) is 114 Å². The molecule has 3 N–H and O–H groups in total. The molecule has 1 aromatic heterocycles. The molecule has 130 valence electrons. The van der Waals surface area contributed by atoms with Gasteiger partial charge in [0.15, 0.2) is 5.58 Å². The van der Waals surface area contributed by atoms with Gasteiger partial charge in [0, 0.05) is 31.1 Å². The van der Waals surface area contributed by atoms with E-state index in [1.165, 1.54) is 13.1 Å². The Kier molecular flexibility index (Phi) is 4.63. The normalized spacial score (nSPS) is 11.5. The molecule has 8 nitrogen and oxygen atoms in total. The minimum Gasteiger partial charge on any atom is -0.481 e. The number of nitrogens with zero attached hydrogens (tertiary/aromatic N) is 1. The smallest absolute Gasteiger partial charge is 0.419 e. The molecule has 0 aliphatic carbocycles. The second-order valence-corrected chi connectivity index (χ2v) is 6.08. The molecular formula is C15H18FN3O5. The first-order chi connectivity index (χ1) is 11.1. The van der Waals surface area contributed by atoms with Crippen LogP contribution in [0.4, 0.5) is 14.9 Å². The number of anilines is 1. The molecule has 24 heavy (non-hydrogen) atoms. The van der Waals surface area contributed by atoms with Gasteiger partial charge in [-0.25, -0.2) is 14.0 Å². The van der Waals surface area contributed by atoms with Crippen LogP contribution >= 0.6 is 0 Å². The molecule has 0 bridgehead atoms. The summed E-state index contributed by atoms with van der Waals surface area (Å²) in [6.45, 7) is 3.32. The van der Waals surface area contributed by atoms with Gasteiger partial charge in [-0.05, 0) is 20.3 Å². The number of hydrogen-bond donors (Lipinski definition) is 3. The molecular weight excluding hydrogens is 321 g/mol. The number of aromatic nitrogens is 1. The Balaban J connectivity index is 2.14. The summed E-state index contributed by atoms with van der Waals surface area (Å²) in [6, 6.07) is 1.61. The zero-order chi connectivity index (χ0) is 18.1. The van der Waals surface area contributed by atoms with E-state index in [1.54, 1.807) is 13.8 Å². The number of halogens is 1. The van der Waals surface area contributed by atoms with Crippen molar-refractivity contribution >= 4 is 28.8 Å². The van der Waals surface area contributed by atoms with Crippen LogP contribution in [0.2, 0.25) is 0 Å². The van der Waals surface area contributed by atoms with Gasteiger partial charge in [-0.15, -0.1) is 0 Å². The Hall–Kier alpha value is -2.84. The van der Waals surface area contributed by atoms with Gasteiger partial charge in [0.25, 0.3) is 0 Å². The molecule has 0 saturated carbocycles. The van der Waals surface area contributed by atoms with Crippen molar-refractivity contribution in [1.29, 1.82) is 0 Å². The van der Waals surface area contributed by atoms with Gasteiger partial charge < -0.3 is 20.2 Å². The summed E-state index contributed by atoms with van der Waals surface area (Å²) in [5.74, 6) is -2.33. The van der Waals surface area contributed by atoms with Crippen molar-refractivity contribution < 1.29 is 23.5 Å². The molecule has 1 aromatic carbocycles. The van der Waals surface area contributed by atoms with E-state index >= 15 is 0 Å². The number of oxazole rings is 1. The molecule has 0 aliphatic heterocycles. The highest BCUT2D eigenvalue weighted by Crippen LogP contribution is 2.22. The summed E-state index contributed by atoms with van der Waals surface area (Å²) in [5, 5.41) is 13.6. The summed E-state index contributed by atoms with van der Waals surface area (Å²) >= 11 is 0. The first-order valence-corrected chi connectivity index (χ1v) is 7.19. The number of urea groups is 1. The first-order valence-electron chi connectivity index (χ1n) is 7.19. The number of carboxylic acid groups (broad SMARTS) is 1. The van der Waals surface area contributed by atoms with Gasteiger partial charge in [-0.2, -0.15) is 0 Å². The second-order valence-electron chi connectivity index (χ2n) is 6.08. The van der Waals surface area contributed by atoms with E-state index in [-0.39, 0.29) is 29.6 Å².